The molecule has 0 fully saturated rings. The Morgan fingerprint density at radius 2 is 2.26 bits per heavy atom. The van der Waals surface area contributed by atoms with Gasteiger partial charge in [0.2, 0.25) is 5.89 Å². The molecular formula is C13H12ClN3O2. The lowest BCUT2D eigenvalue weighted by Gasteiger charge is -2.01. The zero-order valence-corrected chi connectivity index (χ0v) is 11.1. The fourth-order valence-electron chi connectivity index (χ4n) is 2.15. The van der Waals surface area contributed by atoms with Gasteiger partial charge in [0.1, 0.15) is 6.54 Å². The highest BCUT2D eigenvalue weighted by molar-refractivity contribution is 6.31. The summed E-state index contributed by atoms with van der Waals surface area (Å²) in [6.45, 7) is 2.21. The molecule has 0 bridgehead atoms. The maximum absolute atomic E-state index is 9.39. The third-order valence-electron chi connectivity index (χ3n) is 2.97. The second kappa shape index (κ2) is 4.68. The van der Waals surface area contributed by atoms with Gasteiger partial charge in [-0.2, -0.15) is 4.98 Å². The van der Waals surface area contributed by atoms with Gasteiger partial charge in [-0.15, -0.1) is 0 Å². The Morgan fingerprint density at radius 3 is 2.95 bits per heavy atom. The van der Waals surface area contributed by atoms with Crippen LogP contribution in [0.2, 0.25) is 5.02 Å². The van der Waals surface area contributed by atoms with Crippen LogP contribution in [0.3, 0.4) is 0 Å². The average molecular weight is 278 g/mol. The van der Waals surface area contributed by atoms with E-state index in [1.54, 1.807) is 6.92 Å². The molecule has 98 valence electrons. The molecule has 0 saturated carbocycles. The van der Waals surface area contributed by atoms with E-state index in [1.165, 1.54) is 0 Å². The highest BCUT2D eigenvalue weighted by Gasteiger charge is 2.11. The molecule has 2 aromatic heterocycles. The van der Waals surface area contributed by atoms with E-state index in [9.17, 15) is 5.11 Å². The first kappa shape index (κ1) is 12.2. The van der Waals surface area contributed by atoms with E-state index >= 15 is 0 Å². The monoisotopic (exact) mass is 277 g/mol. The first-order valence-electron chi connectivity index (χ1n) is 5.84. The number of aryl methyl sites for hydroxylation is 1. The second-order valence-electron chi connectivity index (χ2n) is 4.34. The summed E-state index contributed by atoms with van der Waals surface area (Å²) in [5.74, 6) is 1.13. The van der Waals surface area contributed by atoms with E-state index in [4.69, 9.17) is 16.1 Å². The number of hydrogen-bond donors (Lipinski definition) is 1. The summed E-state index contributed by atoms with van der Waals surface area (Å²) < 4.78 is 7.06. The molecule has 0 amide bonds. The van der Waals surface area contributed by atoms with Crippen molar-refractivity contribution in [3.8, 4) is 0 Å². The molecule has 6 heteroatoms. The lowest BCUT2D eigenvalue weighted by Crippen LogP contribution is -1.98. The molecule has 0 spiro atoms. The fourth-order valence-corrected chi connectivity index (χ4v) is 2.31. The minimum atomic E-state index is -0.0198. The molecule has 3 aromatic rings. The summed E-state index contributed by atoms with van der Waals surface area (Å²) in [6, 6.07) is 5.57. The summed E-state index contributed by atoms with van der Waals surface area (Å²) in [5, 5.41) is 14.8. The highest BCUT2D eigenvalue weighted by Crippen LogP contribution is 2.25. The summed E-state index contributed by atoms with van der Waals surface area (Å²) >= 11 is 6.02. The minimum Gasteiger partial charge on any atom is -0.392 e. The molecule has 19 heavy (non-hydrogen) atoms. The molecular weight excluding hydrogens is 266 g/mol. The van der Waals surface area contributed by atoms with E-state index in [2.05, 4.69) is 10.1 Å². The normalized spacial score (nSPS) is 11.3. The summed E-state index contributed by atoms with van der Waals surface area (Å²) in [4.78, 5) is 4.18. The molecule has 1 aromatic carbocycles. The number of benzene rings is 1. The number of hydrogen-bond acceptors (Lipinski definition) is 4. The third-order valence-corrected chi connectivity index (χ3v) is 3.21. The van der Waals surface area contributed by atoms with Crippen molar-refractivity contribution in [2.24, 2.45) is 0 Å². The SMILES string of the molecule is Cc1noc(Cn2cc(CO)c3ccc(Cl)cc32)n1. The molecule has 0 atom stereocenters. The van der Waals surface area contributed by atoms with Crippen molar-refractivity contribution in [3.05, 3.63) is 46.7 Å². The molecule has 0 saturated heterocycles. The van der Waals surface area contributed by atoms with Crippen LogP contribution in [0.4, 0.5) is 0 Å². The maximum atomic E-state index is 9.39. The van der Waals surface area contributed by atoms with Gasteiger partial charge in [-0.05, 0) is 19.1 Å². The van der Waals surface area contributed by atoms with Crippen molar-refractivity contribution in [1.82, 2.24) is 14.7 Å². The Kier molecular flexibility index (Phi) is 3.00. The van der Waals surface area contributed by atoms with Gasteiger partial charge < -0.3 is 14.2 Å². The van der Waals surface area contributed by atoms with Crippen LogP contribution in [0.25, 0.3) is 10.9 Å². The van der Waals surface area contributed by atoms with Gasteiger partial charge in [0.25, 0.3) is 0 Å². The Bertz CT molecular complexity index is 733. The second-order valence-corrected chi connectivity index (χ2v) is 4.77. The molecule has 1 N–H and O–H groups in total. The zero-order chi connectivity index (χ0) is 13.4. The average Bonchev–Trinajstić information content (AvgIpc) is 2.94. The minimum absolute atomic E-state index is 0.0198. The number of nitrogens with zero attached hydrogens (tertiary/aromatic N) is 3. The maximum Gasteiger partial charge on any atom is 0.246 e. The molecule has 2 heterocycles. The summed E-state index contributed by atoms with van der Waals surface area (Å²) in [5.41, 5.74) is 1.79. The highest BCUT2D eigenvalue weighted by atomic mass is 35.5. The van der Waals surface area contributed by atoms with E-state index in [0.717, 1.165) is 16.5 Å². The van der Waals surface area contributed by atoms with E-state index in [0.29, 0.717) is 23.3 Å². The van der Waals surface area contributed by atoms with Crippen molar-refractivity contribution in [1.29, 1.82) is 0 Å². The van der Waals surface area contributed by atoms with Gasteiger partial charge in [0.15, 0.2) is 5.82 Å². The number of rotatable bonds is 3. The number of aliphatic hydroxyl groups excluding tert-OH is 1. The van der Waals surface area contributed by atoms with E-state index < -0.39 is 0 Å². The van der Waals surface area contributed by atoms with Crippen molar-refractivity contribution in [2.45, 2.75) is 20.1 Å². The predicted molar refractivity (Wildman–Crippen MR) is 71.0 cm³/mol. The molecule has 0 aliphatic carbocycles. The lowest BCUT2D eigenvalue weighted by atomic mass is 10.2. The molecule has 0 aliphatic heterocycles. The predicted octanol–water partition coefficient (Wildman–Crippen LogP) is 2.53. The van der Waals surface area contributed by atoms with Gasteiger partial charge in [-0.25, -0.2) is 0 Å². The van der Waals surface area contributed by atoms with Crippen LogP contribution < -0.4 is 0 Å². The standard InChI is InChI=1S/C13H12ClN3O2/c1-8-15-13(19-16-8)6-17-5-9(7-18)11-3-2-10(14)4-12(11)17/h2-5,18H,6-7H2,1H3. The largest absolute Gasteiger partial charge is 0.392 e. The van der Waals surface area contributed by atoms with Crippen molar-refractivity contribution >= 4 is 22.5 Å². The summed E-state index contributed by atoms with van der Waals surface area (Å²) in [7, 11) is 0. The van der Waals surface area contributed by atoms with E-state index in [1.807, 2.05) is 29.0 Å². The number of fused-ring (bicyclic) bond motifs is 1. The van der Waals surface area contributed by atoms with Gasteiger partial charge >= 0.3 is 0 Å². The third kappa shape index (κ3) is 2.22. The molecule has 0 aliphatic rings. The fraction of sp³-hybridized carbons (Fsp3) is 0.231. The van der Waals surface area contributed by atoms with Crippen LogP contribution in [0.1, 0.15) is 17.3 Å². The van der Waals surface area contributed by atoms with Gasteiger partial charge in [0.05, 0.1) is 12.1 Å². The van der Waals surface area contributed by atoms with E-state index in [-0.39, 0.29) is 6.61 Å². The van der Waals surface area contributed by atoms with Crippen LogP contribution in [-0.4, -0.2) is 19.8 Å². The summed E-state index contributed by atoms with van der Waals surface area (Å²) in [6.07, 6.45) is 1.88. The van der Waals surface area contributed by atoms with Crippen molar-refractivity contribution < 1.29 is 9.63 Å². The van der Waals surface area contributed by atoms with Crippen molar-refractivity contribution in [2.75, 3.05) is 0 Å². The number of halogens is 1. The number of aromatic nitrogens is 3. The topological polar surface area (TPSA) is 64.1 Å². The number of aliphatic hydroxyl groups is 1. The quantitative estimate of drug-likeness (QED) is 0.799. The smallest absolute Gasteiger partial charge is 0.246 e. The van der Waals surface area contributed by atoms with Crippen LogP contribution in [0, 0.1) is 6.92 Å². The Hall–Kier alpha value is -1.85. The Labute approximate surface area is 114 Å². The van der Waals surface area contributed by atoms with Gasteiger partial charge in [0, 0.05) is 22.2 Å². The van der Waals surface area contributed by atoms with Crippen LogP contribution in [-0.2, 0) is 13.2 Å². The first-order valence-corrected chi connectivity index (χ1v) is 6.22. The van der Waals surface area contributed by atoms with Gasteiger partial charge in [-0.1, -0.05) is 22.8 Å². The van der Waals surface area contributed by atoms with Gasteiger partial charge in [-0.3, -0.25) is 0 Å². The molecule has 3 rings (SSSR count). The molecule has 0 unspecified atom stereocenters. The molecule has 5 nitrogen and oxygen atoms in total. The van der Waals surface area contributed by atoms with Crippen molar-refractivity contribution in [3.63, 3.8) is 0 Å². The van der Waals surface area contributed by atoms with Crippen LogP contribution in [0.15, 0.2) is 28.9 Å². The molecule has 0 radical (unpaired) electrons. The zero-order valence-electron chi connectivity index (χ0n) is 10.3. The first-order chi connectivity index (χ1) is 9.17. The van der Waals surface area contributed by atoms with Crippen LogP contribution >= 0.6 is 11.6 Å². The Morgan fingerprint density at radius 1 is 1.42 bits per heavy atom. The lowest BCUT2D eigenvalue weighted by molar-refractivity contribution is 0.283. The van der Waals surface area contributed by atoms with Crippen LogP contribution in [0.5, 0.6) is 0 Å². The Balaban J connectivity index is 2.09.